The predicted octanol–water partition coefficient (Wildman–Crippen LogP) is 18.2. The smallest absolute Gasteiger partial charge is 0.220 e. The van der Waals surface area contributed by atoms with Crippen LogP contribution in [0.1, 0.15) is 277 Å². The lowest BCUT2D eigenvalue weighted by Crippen LogP contribution is -2.45. The van der Waals surface area contributed by atoms with Crippen LogP contribution in [0.5, 0.6) is 0 Å². The molecule has 0 aliphatic heterocycles. The molecule has 4 heteroatoms. The van der Waals surface area contributed by atoms with Gasteiger partial charge in [-0.15, -0.1) is 0 Å². The van der Waals surface area contributed by atoms with Crippen LogP contribution in [0.2, 0.25) is 0 Å². The number of carbonyl (C=O) groups is 1. The SMILES string of the molecule is CC/C=C\C/C=C\C/C=C\C/C=C\C/C=C\C/C=C\CCCCCCCCCCCCCCCCCCCCCCC(=O)NC(CO)C(O)CCCCCCCCCCCCCC. The minimum Gasteiger partial charge on any atom is -0.394 e. The lowest BCUT2D eigenvalue weighted by Gasteiger charge is -2.22. The largest absolute Gasteiger partial charge is 0.394 e. The van der Waals surface area contributed by atoms with E-state index in [1.807, 2.05) is 0 Å². The van der Waals surface area contributed by atoms with E-state index in [4.69, 9.17) is 0 Å². The zero-order valence-electron chi connectivity index (χ0n) is 42.1. The molecule has 2 atom stereocenters. The molecule has 3 N–H and O–H groups in total. The number of hydrogen-bond acceptors (Lipinski definition) is 3. The number of amides is 1. The Morgan fingerprint density at radius 2 is 0.698 bits per heavy atom. The van der Waals surface area contributed by atoms with Crippen molar-refractivity contribution in [2.75, 3.05) is 6.61 Å². The molecule has 0 saturated carbocycles. The van der Waals surface area contributed by atoms with E-state index in [9.17, 15) is 15.0 Å². The van der Waals surface area contributed by atoms with Gasteiger partial charge in [0.25, 0.3) is 0 Å². The van der Waals surface area contributed by atoms with Crippen molar-refractivity contribution in [2.24, 2.45) is 0 Å². The normalized spacial score (nSPS) is 13.4. The first-order valence-electron chi connectivity index (χ1n) is 27.6. The van der Waals surface area contributed by atoms with Gasteiger partial charge in [0.1, 0.15) is 0 Å². The summed E-state index contributed by atoms with van der Waals surface area (Å²) in [6.07, 6.45) is 77.5. The van der Waals surface area contributed by atoms with Gasteiger partial charge >= 0.3 is 0 Å². The van der Waals surface area contributed by atoms with Gasteiger partial charge in [0.05, 0.1) is 18.8 Å². The Morgan fingerprint density at radius 1 is 0.397 bits per heavy atom. The van der Waals surface area contributed by atoms with Crippen LogP contribution in [-0.4, -0.2) is 34.9 Å². The summed E-state index contributed by atoms with van der Waals surface area (Å²) >= 11 is 0. The van der Waals surface area contributed by atoms with Gasteiger partial charge < -0.3 is 15.5 Å². The average molecular weight is 879 g/mol. The molecule has 366 valence electrons. The number of nitrogens with one attached hydrogen (secondary N) is 1. The zero-order valence-corrected chi connectivity index (χ0v) is 42.1. The number of hydrogen-bond donors (Lipinski definition) is 3. The monoisotopic (exact) mass is 878 g/mol. The maximum Gasteiger partial charge on any atom is 0.220 e. The molecule has 0 aliphatic carbocycles. The molecule has 0 radical (unpaired) electrons. The third-order valence-electron chi connectivity index (χ3n) is 12.5. The second kappa shape index (κ2) is 54.2. The molecule has 0 heterocycles. The second-order valence-electron chi connectivity index (χ2n) is 18.6. The van der Waals surface area contributed by atoms with E-state index in [1.165, 1.54) is 186 Å². The molecule has 0 fully saturated rings. The van der Waals surface area contributed by atoms with Crippen molar-refractivity contribution in [2.45, 2.75) is 289 Å². The van der Waals surface area contributed by atoms with Crippen molar-refractivity contribution >= 4 is 5.91 Å². The van der Waals surface area contributed by atoms with Gasteiger partial charge in [-0.2, -0.15) is 0 Å². The number of carbonyl (C=O) groups excluding carboxylic acids is 1. The second-order valence-corrected chi connectivity index (χ2v) is 18.6. The van der Waals surface area contributed by atoms with Gasteiger partial charge in [0, 0.05) is 6.42 Å². The molecule has 0 aromatic rings. The number of unbranched alkanes of at least 4 members (excludes halogenated alkanes) is 31. The molecule has 0 aromatic carbocycles. The van der Waals surface area contributed by atoms with E-state index in [1.54, 1.807) is 0 Å². The molecule has 0 bridgehead atoms. The average Bonchev–Trinajstić information content (AvgIpc) is 3.29. The first-order chi connectivity index (χ1) is 31.2. The predicted molar refractivity (Wildman–Crippen MR) is 281 cm³/mol. The van der Waals surface area contributed by atoms with Crippen molar-refractivity contribution in [3.05, 3.63) is 72.9 Å². The van der Waals surface area contributed by atoms with Crippen molar-refractivity contribution in [1.82, 2.24) is 5.32 Å². The van der Waals surface area contributed by atoms with Gasteiger partial charge in [-0.25, -0.2) is 0 Å². The minimum absolute atomic E-state index is 0.0301. The van der Waals surface area contributed by atoms with Crippen molar-refractivity contribution < 1.29 is 15.0 Å². The Kier molecular flexibility index (Phi) is 52.3. The summed E-state index contributed by atoms with van der Waals surface area (Å²) in [6, 6.07) is -0.535. The van der Waals surface area contributed by atoms with Crippen LogP contribution in [0.4, 0.5) is 0 Å². The topological polar surface area (TPSA) is 69.6 Å². The summed E-state index contributed by atoms with van der Waals surface area (Å²) in [5, 5.41) is 23.2. The Morgan fingerprint density at radius 3 is 1.05 bits per heavy atom. The minimum atomic E-state index is -0.658. The molecular formula is C59H107NO3. The standard InChI is InChI=1S/C59H107NO3/c1-3-5-7-9-11-13-15-17-18-19-20-21-22-23-24-25-26-27-28-29-30-31-32-33-34-35-36-37-38-39-40-41-42-43-45-47-49-51-53-55-59(63)60-57(56-61)58(62)54-52-50-48-46-44-16-14-12-10-8-6-4-2/h5,7,11,13,17-18,20-21,23-24,26-27,57-58,61-62H,3-4,6,8-10,12,14-16,19,22,25,28-56H2,1-2H3,(H,60,63)/b7-5-,13-11-,18-17-,21-20-,24-23-,27-26-. The van der Waals surface area contributed by atoms with E-state index in [2.05, 4.69) is 92.1 Å². The van der Waals surface area contributed by atoms with Crippen molar-refractivity contribution in [1.29, 1.82) is 0 Å². The molecule has 1 amide bonds. The summed E-state index contributed by atoms with van der Waals surface area (Å²) in [6.45, 7) is 4.25. The zero-order chi connectivity index (χ0) is 45.6. The molecule has 0 aromatic heterocycles. The van der Waals surface area contributed by atoms with E-state index < -0.39 is 12.1 Å². The van der Waals surface area contributed by atoms with Crippen LogP contribution in [0.3, 0.4) is 0 Å². The summed E-state index contributed by atoms with van der Waals surface area (Å²) in [5.41, 5.74) is 0. The molecule has 0 saturated heterocycles. The fourth-order valence-electron chi connectivity index (χ4n) is 8.31. The number of aliphatic hydroxyl groups is 2. The molecular weight excluding hydrogens is 771 g/mol. The molecule has 63 heavy (non-hydrogen) atoms. The van der Waals surface area contributed by atoms with Crippen molar-refractivity contribution in [3.8, 4) is 0 Å². The van der Waals surface area contributed by atoms with Crippen LogP contribution in [0, 0.1) is 0 Å². The van der Waals surface area contributed by atoms with Crippen LogP contribution in [0.25, 0.3) is 0 Å². The van der Waals surface area contributed by atoms with Crippen LogP contribution in [0.15, 0.2) is 72.9 Å². The van der Waals surface area contributed by atoms with Gasteiger partial charge in [0.2, 0.25) is 5.91 Å². The van der Waals surface area contributed by atoms with E-state index in [-0.39, 0.29) is 12.5 Å². The van der Waals surface area contributed by atoms with Gasteiger partial charge in [-0.1, -0.05) is 279 Å². The van der Waals surface area contributed by atoms with Crippen LogP contribution >= 0.6 is 0 Å². The van der Waals surface area contributed by atoms with Crippen LogP contribution in [-0.2, 0) is 4.79 Å². The highest BCUT2D eigenvalue weighted by Gasteiger charge is 2.20. The Hall–Kier alpha value is -2.17. The third-order valence-corrected chi connectivity index (χ3v) is 12.5. The maximum absolute atomic E-state index is 12.4. The molecule has 0 spiro atoms. The fourth-order valence-corrected chi connectivity index (χ4v) is 8.31. The Labute approximate surface area is 393 Å². The maximum atomic E-state index is 12.4. The fraction of sp³-hybridized carbons (Fsp3) is 0.780. The highest BCUT2D eigenvalue weighted by molar-refractivity contribution is 5.76. The summed E-state index contributed by atoms with van der Waals surface area (Å²) in [4.78, 5) is 12.4. The Balaban J connectivity index is 3.42. The van der Waals surface area contributed by atoms with Crippen molar-refractivity contribution in [3.63, 3.8) is 0 Å². The highest BCUT2D eigenvalue weighted by atomic mass is 16.3. The quantitative estimate of drug-likeness (QED) is 0.0421. The van der Waals surface area contributed by atoms with Gasteiger partial charge in [-0.05, 0) is 64.2 Å². The molecule has 0 aliphatic rings. The molecule has 0 rings (SSSR count). The van der Waals surface area contributed by atoms with Crippen LogP contribution < -0.4 is 5.32 Å². The Bertz CT molecular complexity index is 1090. The van der Waals surface area contributed by atoms with E-state index in [0.717, 1.165) is 64.2 Å². The molecule has 4 nitrogen and oxygen atoms in total. The van der Waals surface area contributed by atoms with E-state index >= 15 is 0 Å². The summed E-state index contributed by atoms with van der Waals surface area (Å²) in [5.74, 6) is -0.0301. The first kappa shape index (κ1) is 60.8. The first-order valence-corrected chi connectivity index (χ1v) is 27.6. The summed E-state index contributed by atoms with van der Waals surface area (Å²) < 4.78 is 0. The molecule has 2 unspecified atom stereocenters. The lowest BCUT2D eigenvalue weighted by atomic mass is 10.0. The summed E-state index contributed by atoms with van der Waals surface area (Å²) in [7, 11) is 0. The number of allylic oxidation sites excluding steroid dienone is 12. The van der Waals surface area contributed by atoms with Gasteiger partial charge in [0.15, 0.2) is 0 Å². The number of aliphatic hydroxyl groups excluding tert-OH is 2. The van der Waals surface area contributed by atoms with Gasteiger partial charge in [-0.3, -0.25) is 4.79 Å². The lowest BCUT2D eigenvalue weighted by molar-refractivity contribution is -0.123. The van der Waals surface area contributed by atoms with E-state index in [0.29, 0.717) is 12.8 Å². The third kappa shape index (κ3) is 50.7. The highest BCUT2D eigenvalue weighted by Crippen LogP contribution is 2.17. The number of rotatable bonds is 50.